The summed E-state index contributed by atoms with van der Waals surface area (Å²) in [7, 11) is 0. The van der Waals surface area contributed by atoms with Crippen molar-refractivity contribution >= 4 is 49.1 Å². The van der Waals surface area contributed by atoms with Crippen LogP contribution in [0.2, 0.25) is 0 Å². The molecule has 0 aliphatic carbocycles. The van der Waals surface area contributed by atoms with Crippen molar-refractivity contribution in [2.24, 2.45) is 0 Å². The number of pyridine rings is 2. The number of nitrogens with zero attached hydrogens (tertiary/aromatic N) is 5. The summed E-state index contributed by atoms with van der Waals surface area (Å²) in [6.45, 7) is 0. The van der Waals surface area contributed by atoms with Crippen LogP contribution in [0.3, 0.4) is 0 Å². The molecule has 8 rings (SSSR count). The Balaban J connectivity index is 1.26. The second kappa shape index (κ2) is 7.63. The smallest absolute Gasteiger partial charge is 0.221 e. The van der Waals surface area contributed by atoms with Crippen molar-refractivity contribution < 1.29 is 4.74 Å². The Morgan fingerprint density at radius 3 is 2.00 bits per heavy atom. The molecule has 0 aliphatic heterocycles. The lowest BCUT2D eigenvalue weighted by molar-refractivity contribution is 0.463. The number of hydrogen-bond donors (Lipinski definition) is 0. The van der Waals surface area contributed by atoms with Crippen LogP contribution in [-0.4, -0.2) is 24.1 Å². The van der Waals surface area contributed by atoms with E-state index < -0.39 is 0 Å². The molecule has 0 fully saturated rings. The summed E-state index contributed by atoms with van der Waals surface area (Å²) in [5.41, 5.74) is 4.09. The fourth-order valence-corrected chi connectivity index (χ4v) is 5.39. The molecule has 0 unspecified atom stereocenters. The van der Waals surface area contributed by atoms with Crippen LogP contribution in [0, 0.1) is 0 Å². The number of para-hydroxylation sites is 3. The average molecular weight is 478 g/mol. The monoisotopic (exact) mass is 477 g/mol. The molecule has 4 aromatic carbocycles. The van der Waals surface area contributed by atoms with E-state index in [0.717, 1.165) is 44.2 Å². The highest BCUT2D eigenvalue weighted by Crippen LogP contribution is 2.34. The fraction of sp³-hybridized carbons (Fsp3) is 0. The van der Waals surface area contributed by atoms with Gasteiger partial charge in [0.2, 0.25) is 5.88 Å². The zero-order valence-corrected chi connectivity index (χ0v) is 19.6. The van der Waals surface area contributed by atoms with Crippen LogP contribution in [0.4, 0.5) is 0 Å². The van der Waals surface area contributed by atoms with E-state index in [4.69, 9.17) is 9.72 Å². The highest BCUT2D eigenvalue weighted by molar-refractivity contribution is 6.12. The van der Waals surface area contributed by atoms with E-state index in [1.165, 1.54) is 10.8 Å². The first kappa shape index (κ1) is 20.0. The van der Waals surface area contributed by atoms with Gasteiger partial charge in [-0.15, -0.1) is 10.2 Å². The summed E-state index contributed by atoms with van der Waals surface area (Å²) in [4.78, 5) is 4.90. The van der Waals surface area contributed by atoms with Gasteiger partial charge in [-0.3, -0.25) is 8.97 Å². The molecule has 0 atom stereocenters. The first-order valence-electron chi connectivity index (χ1n) is 12.1. The Bertz CT molecular complexity index is 2090. The molecule has 0 saturated heterocycles. The standard InChI is InChI=1S/C31H19N5O/c1-4-11-26-22(8-1)21-17-16-20(18-25(21)31-34-32-19-35(26)31)37-30-15-7-14-29(33-30)36-27-12-5-2-9-23(27)24-10-3-6-13-28(24)36/h1-19H. The molecule has 6 nitrogen and oxygen atoms in total. The highest BCUT2D eigenvalue weighted by atomic mass is 16.5. The van der Waals surface area contributed by atoms with E-state index >= 15 is 0 Å². The SMILES string of the molecule is c1cc(Oc2ccc3c4ccccc4n4cnnc4c3c2)nc(-n2c3ccccc3c3ccccc32)c1. The van der Waals surface area contributed by atoms with Gasteiger partial charge in [-0.1, -0.05) is 60.7 Å². The molecule has 0 spiro atoms. The number of fused-ring (bicyclic) bond motifs is 9. The van der Waals surface area contributed by atoms with E-state index in [1.807, 2.05) is 46.9 Å². The zero-order chi connectivity index (χ0) is 24.3. The fourth-order valence-electron chi connectivity index (χ4n) is 5.39. The van der Waals surface area contributed by atoms with Gasteiger partial charge in [-0.2, -0.15) is 4.98 Å². The summed E-state index contributed by atoms with van der Waals surface area (Å²) in [5.74, 6) is 2.03. The van der Waals surface area contributed by atoms with Crippen LogP contribution >= 0.6 is 0 Å². The number of benzene rings is 4. The molecule has 0 amide bonds. The molecule has 174 valence electrons. The predicted octanol–water partition coefficient (Wildman–Crippen LogP) is 7.32. The summed E-state index contributed by atoms with van der Waals surface area (Å²) in [6, 6.07) is 37.0. The maximum atomic E-state index is 6.30. The quantitative estimate of drug-likeness (QED) is 0.250. The summed E-state index contributed by atoms with van der Waals surface area (Å²) in [6.07, 6.45) is 1.75. The third kappa shape index (κ3) is 2.96. The van der Waals surface area contributed by atoms with Crippen LogP contribution in [-0.2, 0) is 0 Å². The van der Waals surface area contributed by atoms with Gasteiger partial charge in [0, 0.05) is 27.6 Å². The molecule has 4 heterocycles. The molecular formula is C31H19N5O. The van der Waals surface area contributed by atoms with Crippen molar-refractivity contribution in [1.29, 1.82) is 0 Å². The largest absolute Gasteiger partial charge is 0.439 e. The lowest BCUT2D eigenvalue weighted by atomic mass is 10.1. The van der Waals surface area contributed by atoms with E-state index in [1.54, 1.807) is 6.33 Å². The van der Waals surface area contributed by atoms with Crippen molar-refractivity contribution in [3.05, 3.63) is 116 Å². The van der Waals surface area contributed by atoms with Crippen molar-refractivity contribution in [1.82, 2.24) is 24.1 Å². The van der Waals surface area contributed by atoms with E-state index in [0.29, 0.717) is 11.6 Å². The Morgan fingerprint density at radius 2 is 1.24 bits per heavy atom. The third-order valence-electron chi connectivity index (χ3n) is 6.97. The Labute approximate surface area is 211 Å². The molecule has 0 saturated carbocycles. The van der Waals surface area contributed by atoms with Gasteiger partial charge in [-0.25, -0.2) is 0 Å². The van der Waals surface area contributed by atoms with Crippen LogP contribution in [0.1, 0.15) is 0 Å². The molecule has 8 aromatic rings. The lowest BCUT2D eigenvalue weighted by Gasteiger charge is -2.11. The first-order chi connectivity index (χ1) is 18.3. The van der Waals surface area contributed by atoms with Crippen LogP contribution in [0.15, 0.2) is 116 Å². The summed E-state index contributed by atoms with van der Waals surface area (Å²) in [5, 5.41) is 14.2. The maximum Gasteiger partial charge on any atom is 0.221 e. The third-order valence-corrected chi connectivity index (χ3v) is 6.97. The van der Waals surface area contributed by atoms with E-state index in [2.05, 4.69) is 81.5 Å². The maximum absolute atomic E-state index is 6.30. The average Bonchev–Trinajstić information content (AvgIpc) is 3.57. The molecule has 37 heavy (non-hydrogen) atoms. The van der Waals surface area contributed by atoms with Gasteiger partial charge in [0.05, 0.1) is 16.6 Å². The second-order valence-corrected chi connectivity index (χ2v) is 9.05. The number of rotatable bonds is 3. The van der Waals surface area contributed by atoms with Crippen molar-refractivity contribution in [3.8, 4) is 17.4 Å². The van der Waals surface area contributed by atoms with Crippen LogP contribution in [0.25, 0.3) is 54.9 Å². The van der Waals surface area contributed by atoms with Gasteiger partial charge in [0.1, 0.15) is 17.9 Å². The minimum Gasteiger partial charge on any atom is -0.439 e. The van der Waals surface area contributed by atoms with Crippen molar-refractivity contribution in [3.63, 3.8) is 0 Å². The number of hydrogen-bond acceptors (Lipinski definition) is 4. The van der Waals surface area contributed by atoms with Crippen molar-refractivity contribution in [2.75, 3.05) is 0 Å². The molecule has 0 N–H and O–H groups in total. The summed E-state index contributed by atoms with van der Waals surface area (Å²) >= 11 is 0. The van der Waals surface area contributed by atoms with Crippen molar-refractivity contribution in [2.45, 2.75) is 0 Å². The minimum absolute atomic E-state index is 0.525. The molecule has 0 bridgehead atoms. The molecule has 0 aliphatic rings. The Kier molecular flexibility index (Phi) is 4.13. The summed E-state index contributed by atoms with van der Waals surface area (Å²) < 4.78 is 10.5. The molecule has 0 radical (unpaired) electrons. The minimum atomic E-state index is 0.525. The zero-order valence-electron chi connectivity index (χ0n) is 19.6. The lowest BCUT2D eigenvalue weighted by Crippen LogP contribution is -1.98. The Hall–Kier alpha value is -5.23. The van der Waals surface area contributed by atoms with Gasteiger partial charge >= 0.3 is 0 Å². The Morgan fingerprint density at radius 1 is 0.568 bits per heavy atom. The molecule has 4 aromatic heterocycles. The number of ether oxygens (including phenoxy) is 1. The van der Waals surface area contributed by atoms with Crippen LogP contribution in [0.5, 0.6) is 11.6 Å². The first-order valence-corrected chi connectivity index (χ1v) is 12.1. The van der Waals surface area contributed by atoms with E-state index in [-0.39, 0.29) is 0 Å². The normalized spacial score (nSPS) is 11.8. The predicted molar refractivity (Wildman–Crippen MR) is 147 cm³/mol. The molecule has 6 heteroatoms. The molecular weight excluding hydrogens is 458 g/mol. The second-order valence-electron chi connectivity index (χ2n) is 9.05. The van der Waals surface area contributed by atoms with E-state index in [9.17, 15) is 0 Å². The van der Waals surface area contributed by atoms with Gasteiger partial charge in [0.25, 0.3) is 0 Å². The van der Waals surface area contributed by atoms with Gasteiger partial charge in [-0.05, 0) is 47.9 Å². The van der Waals surface area contributed by atoms with Gasteiger partial charge in [0.15, 0.2) is 5.65 Å². The van der Waals surface area contributed by atoms with Crippen LogP contribution < -0.4 is 4.74 Å². The highest BCUT2D eigenvalue weighted by Gasteiger charge is 2.14. The number of aromatic nitrogens is 5. The topological polar surface area (TPSA) is 57.2 Å². The van der Waals surface area contributed by atoms with Gasteiger partial charge < -0.3 is 4.74 Å².